The van der Waals surface area contributed by atoms with E-state index in [0.717, 1.165) is 40.5 Å². The van der Waals surface area contributed by atoms with Crippen LogP contribution in [-0.4, -0.2) is 57.8 Å². The highest BCUT2D eigenvalue weighted by atomic mass is 32.2. The highest BCUT2D eigenvalue weighted by molar-refractivity contribution is 7.87. The van der Waals surface area contributed by atoms with Gasteiger partial charge in [-0.3, -0.25) is 9.59 Å². The Morgan fingerprint density at radius 3 is 2.28 bits per heavy atom. The second-order valence-corrected chi connectivity index (χ2v) is 12.7. The molecule has 3 rings (SSSR count). The minimum absolute atomic E-state index is 0.153. The number of anilines is 2. The summed E-state index contributed by atoms with van der Waals surface area (Å²) in [6.45, 7) is 6.73. The Morgan fingerprint density at radius 2 is 1.67 bits per heavy atom. The fourth-order valence-corrected chi connectivity index (χ4v) is 5.21. The van der Waals surface area contributed by atoms with E-state index in [9.17, 15) is 18.0 Å². The van der Waals surface area contributed by atoms with Crippen molar-refractivity contribution < 1.29 is 22.7 Å². The predicted molar refractivity (Wildman–Crippen MR) is 155 cm³/mol. The molecule has 0 atom stereocenters. The van der Waals surface area contributed by atoms with Gasteiger partial charge in [0, 0.05) is 32.7 Å². The molecule has 9 nitrogen and oxygen atoms in total. The highest BCUT2D eigenvalue weighted by Gasteiger charge is 2.25. The van der Waals surface area contributed by atoms with E-state index in [1.54, 1.807) is 12.1 Å². The number of amides is 2. The van der Waals surface area contributed by atoms with Crippen molar-refractivity contribution in [2.24, 2.45) is 5.92 Å². The molecule has 0 unspecified atom stereocenters. The molecule has 0 spiro atoms. The lowest BCUT2D eigenvalue weighted by Gasteiger charge is -2.38. The van der Waals surface area contributed by atoms with E-state index in [4.69, 9.17) is 4.74 Å². The van der Waals surface area contributed by atoms with Gasteiger partial charge in [0.1, 0.15) is 5.75 Å². The van der Waals surface area contributed by atoms with Gasteiger partial charge >= 0.3 is 10.2 Å². The van der Waals surface area contributed by atoms with E-state index in [1.807, 2.05) is 42.0 Å². The first-order chi connectivity index (χ1) is 18.4. The lowest BCUT2D eigenvalue weighted by molar-refractivity contribution is -0.121. The van der Waals surface area contributed by atoms with E-state index in [1.165, 1.54) is 33.4 Å². The van der Waals surface area contributed by atoms with E-state index in [2.05, 4.69) is 24.1 Å². The first-order valence-corrected chi connectivity index (χ1v) is 15.0. The minimum atomic E-state index is -3.91. The highest BCUT2D eigenvalue weighted by Crippen LogP contribution is 2.36. The average Bonchev–Trinajstić information content (AvgIpc) is 2.88. The second-order valence-electron chi connectivity index (χ2n) is 10.8. The smallest absolute Gasteiger partial charge is 0.303 e. The molecular formula is C29H42N4O5S. The van der Waals surface area contributed by atoms with Crippen molar-refractivity contribution in [1.29, 1.82) is 0 Å². The van der Waals surface area contributed by atoms with Crippen LogP contribution in [0.15, 0.2) is 42.5 Å². The van der Waals surface area contributed by atoms with Crippen molar-refractivity contribution in [3.63, 3.8) is 0 Å². The van der Waals surface area contributed by atoms with Crippen molar-refractivity contribution >= 4 is 33.4 Å². The number of aryl methyl sites for hydroxylation is 1. The number of carbonyl (C=O) groups excluding carboxylic acids is 2. The topological polar surface area (TPSA) is 108 Å². The van der Waals surface area contributed by atoms with Crippen molar-refractivity contribution in [3.8, 4) is 5.75 Å². The molecule has 10 heteroatoms. The maximum absolute atomic E-state index is 13.1. The van der Waals surface area contributed by atoms with Gasteiger partial charge in [-0.2, -0.15) is 12.7 Å². The summed E-state index contributed by atoms with van der Waals surface area (Å²) in [7, 11) is -1.25. The van der Waals surface area contributed by atoms with Crippen LogP contribution in [0.25, 0.3) is 0 Å². The van der Waals surface area contributed by atoms with Gasteiger partial charge < -0.3 is 15.0 Å². The fraction of sp³-hybridized carbons (Fsp3) is 0.517. The third kappa shape index (κ3) is 9.25. The molecule has 0 aromatic heterocycles. The van der Waals surface area contributed by atoms with Gasteiger partial charge in [-0.15, -0.1) is 0 Å². The zero-order chi connectivity index (χ0) is 28.6. The van der Waals surface area contributed by atoms with Crippen molar-refractivity contribution in [2.75, 3.05) is 37.5 Å². The predicted octanol–water partition coefficient (Wildman–Crippen LogP) is 4.27. The van der Waals surface area contributed by atoms with Crippen LogP contribution >= 0.6 is 0 Å². The SMILES string of the molecule is Cc1ccc(CC(=O)Nc2cc(OCC(=O)NS(=O)(=O)N(C)C)ccc2N(CC(C)C)C2CCCCC2)cc1. The standard InChI is InChI=1S/C29H42N4O5S/c1-21(2)19-33(24-9-7-6-8-10-24)27-16-15-25(38-20-29(35)31-39(36,37)32(4)5)18-26(27)30-28(34)17-23-13-11-22(3)12-14-23/h11-16,18,21,24H,6-10,17,19-20H2,1-5H3,(H,30,34)(H,31,35). The first kappa shape index (κ1) is 30.4. The molecule has 1 aliphatic carbocycles. The summed E-state index contributed by atoms with van der Waals surface area (Å²) in [4.78, 5) is 27.7. The van der Waals surface area contributed by atoms with Crippen LogP contribution in [0, 0.1) is 12.8 Å². The summed E-state index contributed by atoms with van der Waals surface area (Å²) >= 11 is 0. The molecule has 2 N–H and O–H groups in total. The summed E-state index contributed by atoms with van der Waals surface area (Å²) < 4.78 is 32.4. The molecule has 1 aliphatic rings. The van der Waals surface area contributed by atoms with E-state index in [0.29, 0.717) is 23.4 Å². The number of ether oxygens (including phenoxy) is 1. The first-order valence-electron chi connectivity index (χ1n) is 13.6. The van der Waals surface area contributed by atoms with E-state index >= 15 is 0 Å². The van der Waals surface area contributed by atoms with Crippen molar-refractivity contribution in [1.82, 2.24) is 9.03 Å². The van der Waals surface area contributed by atoms with Gasteiger partial charge in [0.05, 0.1) is 17.8 Å². The van der Waals surface area contributed by atoms with E-state index in [-0.39, 0.29) is 12.3 Å². The molecule has 2 aromatic rings. The quantitative estimate of drug-likeness (QED) is 0.403. The second kappa shape index (κ2) is 13.8. The summed E-state index contributed by atoms with van der Waals surface area (Å²) in [6, 6.07) is 13.6. The zero-order valence-electron chi connectivity index (χ0n) is 23.7. The molecular weight excluding hydrogens is 516 g/mol. The molecule has 39 heavy (non-hydrogen) atoms. The Hall–Kier alpha value is -3.11. The van der Waals surface area contributed by atoms with Gasteiger partial charge in [-0.05, 0) is 43.4 Å². The molecule has 0 saturated heterocycles. The molecule has 1 saturated carbocycles. The Bertz CT molecular complexity index is 1220. The molecule has 0 bridgehead atoms. The molecule has 1 fully saturated rings. The van der Waals surface area contributed by atoms with Crippen molar-refractivity contribution in [3.05, 3.63) is 53.6 Å². The minimum Gasteiger partial charge on any atom is -0.484 e. The maximum Gasteiger partial charge on any atom is 0.303 e. The third-order valence-corrected chi connectivity index (χ3v) is 8.15. The average molecular weight is 559 g/mol. The number of hydrogen-bond donors (Lipinski definition) is 2. The van der Waals surface area contributed by atoms with Crippen LogP contribution in [-0.2, 0) is 26.2 Å². The van der Waals surface area contributed by atoms with E-state index < -0.39 is 22.7 Å². The van der Waals surface area contributed by atoms with Crippen LogP contribution in [0.1, 0.15) is 57.1 Å². The Morgan fingerprint density at radius 1 is 1.00 bits per heavy atom. The Balaban J connectivity index is 1.86. The number of hydrogen-bond acceptors (Lipinski definition) is 6. The van der Waals surface area contributed by atoms with Crippen LogP contribution in [0.3, 0.4) is 0 Å². The van der Waals surface area contributed by atoms with Crippen LogP contribution < -0.4 is 19.7 Å². The maximum atomic E-state index is 13.1. The largest absolute Gasteiger partial charge is 0.484 e. The summed E-state index contributed by atoms with van der Waals surface area (Å²) in [5.41, 5.74) is 3.57. The lowest BCUT2D eigenvalue weighted by Crippen LogP contribution is -2.41. The number of nitrogens with zero attached hydrogens (tertiary/aromatic N) is 2. The summed E-state index contributed by atoms with van der Waals surface area (Å²) in [5, 5.41) is 3.08. The van der Waals surface area contributed by atoms with Gasteiger partial charge in [0.2, 0.25) is 5.91 Å². The zero-order valence-corrected chi connectivity index (χ0v) is 24.5. The number of benzene rings is 2. The molecule has 0 heterocycles. The lowest BCUT2D eigenvalue weighted by atomic mass is 9.93. The van der Waals surface area contributed by atoms with Gasteiger partial charge in [0.15, 0.2) is 6.61 Å². The molecule has 0 aliphatic heterocycles. The molecule has 2 amide bonds. The summed E-state index contributed by atoms with van der Waals surface area (Å²) in [5.74, 6) is -0.169. The molecule has 214 valence electrons. The summed E-state index contributed by atoms with van der Waals surface area (Å²) in [6.07, 6.45) is 6.03. The molecule has 2 aromatic carbocycles. The Labute approximate surface area is 233 Å². The molecule has 0 radical (unpaired) electrons. The van der Waals surface area contributed by atoms with Crippen LogP contribution in [0.2, 0.25) is 0 Å². The monoisotopic (exact) mass is 558 g/mol. The van der Waals surface area contributed by atoms with Gasteiger partial charge in [-0.1, -0.05) is 62.9 Å². The van der Waals surface area contributed by atoms with Crippen LogP contribution in [0.5, 0.6) is 5.75 Å². The Kier molecular flexibility index (Phi) is 10.8. The van der Waals surface area contributed by atoms with Gasteiger partial charge in [-0.25, -0.2) is 4.72 Å². The van der Waals surface area contributed by atoms with Crippen molar-refractivity contribution in [2.45, 2.75) is 65.3 Å². The fourth-order valence-electron chi connectivity index (χ4n) is 4.68. The number of rotatable bonds is 12. The third-order valence-electron chi connectivity index (χ3n) is 6.71. The number of carbonyl (C=O) groups is 2. The van der Waals surface area contributed by atoms with Crippen LogP contribution in [0.4, 0.5) is 11.4 Å². The van der Waals surface area contributed by atoms with Gasteiger partial charge in [0.25, 0.3) is 5.91 Å². The number of nitrogens with one attached hydrogen (secondary N) is 2. The normalized spacial score (nSPS) is 14.3.